The van der Waals surface area contributed by atoms with Gasteiger partial charge < -0.3 is 9.97 Å². The van der Waals surface area contributed by atoms with Gasteiger partial charge in [0.2, 0.25) is 0 Å². The van der Waals surface area contributed by atoms with E-state index in [0.29, 0.717) is 0 Å². The van der Waals surface area contributed by atoms with E-state index in [-0.39, 0.29) is 0 Å². The Labute approximate surface area is 252 Å². The Morgan fingerprint density at radius 1 is 0.452 bits per heavy atom. The second kappa shape index (κ2) is 16.3. The van der Waals surface area contributed by atoms with Gasteiger partial charge in [-0.05, 0) is 85.2 Å². The summed E-state index contributed by atoms with van der Waals surface area (Å²) in [7, 11) is 0. The van der Waals surface area contributed by atoms with Crippen LogP contribution >= 0.6 is 0 Å². The average Bonchev–Trinajstić information content (AvgIpc) is 3.79. The summed E-state index contributed by atoms with van der Waals surface area (Å²) in [4.78, 5) is 16.8. The fourth-order valence-electron chi connectivity index (χ4n) is 6.15. The van der Waals surface area contributed by atoms with Crippen LogP contribution in [0.5, 0.6) is 0 Å². The van der Waals surface area contributed by atoms with E-state index in [4.69, 9.17) is 9.97 Å². The summed E-state index contributed by atoms with van der Waals surface area (Å²) < 4.78 is 0. The molecule has 42 heavy (non-hydrogen) atoms. The number of H-pyrrole nitrogens is 2. The molecule has 8 bridgehead atoms. The third kappa shape index (κ3) is 9.58. The van der Waals surface area contributed by atoms with Crippen LogP contribution in [0.4, 0.5) is 0 Å². The Kier molecular flexibility index (Phi) is 11.7. The van der Waals surface area contributed by atoms with Gasteiger partial charge in [-0.1, -0.05) is 103 Å². The van der Waals surface area contributed by atoms with Crippen molar-refractivity contribution in [3.63, 3.8) is 0 Å². The summed E-state index contributed by atoms with van der Waals surface area (Å²) in [5, 5.41) is 0. The molecule has 4 nitrogen and oxygen atoms in total. The molecule has 2 aliphatic heterocycles. The lowest BCUT2D eigenvalue weighted by molar-refractivity contribution is 0.529. The number of unbranched alkanes of at least 4 members (excludes halogenated alkanes) is 15. The molecule has 3 aromatic rings. The molecule has 5 rings (SSSR count). The van der Waals surface area contributed by atoms with E-state index < -0.39 is 0 Å². The smallest absolute Gasteiger partial charge is 0.0658 e. The van der Waals surface area contributed by atoms with Crippen LogP contribution in [0.3, 0.4) is 0 Å². The number of hydrogen-bond acceptors (Lipinski definition) is 2. The summed E-state index contributed by atoms with van der Waals surface area (Å²) in [5.74, 6) is 0. The van der Waals surface area contributed by atoms with E-state index in [1.807, 2.05) is 0 Å². The molecule has 0 unspecified atom stereocenters. The third-order valence-electron chi connectivity index (χ3n) is 8.55. The first-order valence-electron chi connectivity index (χ1n) is 16.8. The number of rotatable bonds is 17. The normalized spacial score (nSPS) is 12.4. The van der Waals surface area contributed by atoms with Crippen molar-refractivity contribution < 1.29 is 0 Å². The molecule has 0 saturated heterocycles. The van der Waals surface area contributed by atoms with Crippen molar-refractivity contribution >= 4 is 46.4 Å². The third-order valence-corrected chi connectivity index (χ3v) is 8.55. The Morgan fingerprint density at radius 3 is 1.38 bits per heavy atom. The summed E-state index contributed by atoms with van der Waals surface area (Å²) in [6, 6.07) is 15.0. The minimum atomic E-state index is 0.960. The maximum absolute atomic E-state index is 4.86. The standard InChI is InChI=1S/C38H50N4/c1-2-3-4-5-6-7-8-9-10-11-12-13-14-15-16-17-18-30-25-37-28-35-22-21-33(40-35)26-31-19-20-32(39-31)27-34-23-24-36(41-34)29-38(30)42-37/h19-29,39,42H,2-18H2,1H3. The summed E-state index contributed by atoms with van der Waals surface area (Å²) >= 11 is 0. The molecule has 0 fully saturated rings. The molecule has 0 spiro atoms. The number of nitrogens with one attached hydrogen (secondary N) is 2. The number of fused-ring (bicyclic) bond motifs is 8. The minimum absolute atomic E-state index is 0.960. The molecular weight excluding hydrogens is 512 g/mol. The van der Waals surface area contributed by atoms with E-state index in [2.05, 4.69) is 83.7 Å². The highest BCUT2D eigenvalue weighted by Gasteiger charge is 2.06. The predicted molar refractivity (Wildman–Crippen MR) is 182 cm³/mol. The zero-order chi connectivity index (χ0) is 28.8. The highest BCUT2D eigenvalue weighted by Crippen LogP contribution is 2.22. The Hall–Kier alpha value is -3.40. The van der Waals surface area contributed by atoms with Crippen LogP contribution in [-0.2, 0) is 6.42 Å². The highest BCUT2D eigenvalue weighted by molar-refractivity contribution is 5.78. The number of aromatic nitrogens is 4. The average molecular weight is 563 g/mol. The van der Waals surface area contributed by atoms with Gasteiger partial charge in [-0.2, -0.15) is 0 Å². The molecule has 0 radical (unpaired) electrons. The van der Waals surface area contributed by atoms with E-state index in [0.717, 1.165) is 45.7 Å². The number of hydrogen-bond donors (Lipinski definition) is 2. The molecule has 4 heteroatoms. The first-order chi connectivity index (χ1) is 20.7. The molecule has 2 N–H and O–H groups in total. The molecule has 5 heterocycles. The van der Waals surface area contributed by atoms with Gasteiger partial charge in [-0.3, -0.25) is 0 Å². The van der Waals surface area contributed by atoms with Crippen LogP contribution in [0.25, 0.3) is 46.4 Å². The molecule has 0 aromatic carbocycles. The monoisotopic (exact) mass is 562 g/mol. The number of aromatic amines is 2. The van der Waals surface area contributed by atoms with Crippen LogP contribution in [0.1, 0.15) is 138 Å². The zero-order valence-corrected chi connectivity index (χ0v) is 25.8. The summed E-state index contributed by atoms with van der Waals surface area (Å²) in [6.45, 7) is 2.30. The first kappa shape index (κ1) is 30.1. The van der Waals surface area contributed by atoms with Gasteiger partial charge in [-0.25, -0.2) is 9.97 Å². The van der Waals surface area contributed by atoms with Crippen LogP contribution < -0.4 is 0 Å². The van der Waals surface area contributed by atoms with Crippen molar-refractivity contribution in [2.24, 2.45) is 0 Å². The first-order valence-corrected chi connectivity index (χ1v) is 16.8. The number of nitrogens with zero attached hydrogens (tertiary/aromatic N) is 2. The maximum atomic E-state index is 4.86. The van der Waals surface area contributed by atoms with Gasteiger partial charge in [0.05, 0.1) is 22.8 Å². The van der Waals surface area contributed by atoms with Crippen LogP contribution in [-0.4, -0.2) is 19.9 Å². The predicted octanol–water partition coefficient (Wildman–Crippen LogP) is 11.5. The minimum Gasteiger partial charge on any atom is -0.355 e. The Morgan fingerprint density at radius 2 is 0.881 bits per heavy atom. The highest BCUT2D eigenvalue weighted by atomic mass is 14.8. The second-order valence-electron chi connectivity index (χ2n) is 12.3. The van der Waals surface area contributed by atoms with E-state index >= 15 is 0 Å². The molecule has 0 aliphatic carbocycles. The maximum Gasteiger partial charge on any atom is 0.0658 e. The fraction of sp³-hybridized carbons (Fsp3) is 0.474. The van der Waals surface area contributed by atoms with Crippen LogP contribution in [0, 0.1) is 0 Å². The van der Waals surface area contributed by atoms with Gasteiger partial charge in [0.15, 0.2) is 0 Å². The Bertz CT molecular complexity index is 1490. The molecular formula is C38H50N4. The second-order valence-corrected chi connectivity index (χ2v) is 12.3. The van der Waals surface area contributed by atoms with Gasteiger partial charge in [0.1, 0.15) is 0 Å². The van der Waals surface area contributed by atoms with Crippen molar-refractivity contribution in [3.05, 3.63) is 70.8 Å². The van der Waals surface area contributed by atoms with Crippen molar-refractivity contribution in [1.82, 2.24) is 19.9 Å². The summed E-state index contributed by atoms with van der Waals surface area (Å²) in [5.41, 5.74) is 9.61. The lowest BCUT2D eigenvalue weighted by Gasteiger charge is -2.03. The van der Waals surface area contributed by atoms with Gasteiger partial charge in [0.25, 0.3) is 0 Å². The van der Waals surface area contributed by atoms with Crippen molar-refractivity contribution in [2.75, 3.05) is 0 Å². The lowest BCUT2D eigenvalue weighted by Crippen LogP contribution is -1.86. The van der Waals surface area contributed by atoms with E-state index in [1.165, 1.54) is 114 Å². The van der Waals surface area contributed by atoms with E-state index in [9.17, 15) is 0 Å². The van der Waals surface area contributed by atoms with Crippen molar-refractivity contribution in [1.29, 1.82) is 0 Å². The van der Waals surface area contributed by atoms with Gasteiger partial charge in [0, 0.05) is 22.1 Å². The van der Waals surface area contributed by atoms with Crippen molar-refractivity contribution in [3.8, 4) is 0 Å². The SMILES string of the molecule is CCCCCCCCCCCCCCCCCCc1cc2cc3nc(cc4ccc(cc5nc(cc1[nH]2)C=C5)[nH]4)C=C3. The molecule has 0 amide bonds. The molecule has 2 aliphatic rings. The molecule has 3 aromatic heterocycles. The molecule has 222 valence electrons. The summed E-state index contributed by atoms with van der Waals surface area (Å²) in [6.07, 6.45) is 31.8. The molecule has 0 atom stereocenters. The van der Waals surface area contributed by atoms with Crippen molar-refractivity contribution in [2.45, 2.75) is 116 Å². The van der Waals surface area contributed by atoms with Crippen LogP contribution in [0.2, 0.25) is 0 Å². The van der Waals surface area contributed by atoms with E-state index in [1.54, 1.807) is 0 Å². The largest absolute Gasteiger partial charge is 0.355 e. The fourth-order valence-corrected chi connectivity index (χ4v) is 6.15. The molecule has 0 saturated carbocycles. The zero-order valence-electron chi connectivity index (χ0n) is 25.8. The quantitative estimate of drug-likeness (QED) is 0.111. The number of aryl methyl sites for hydroxylation is 1. The van der Waals surface area contributed by atoms with Crippen LogP contribution in [0.15, 0.2) is 42.5 Å². The lowest BCUT2D eigenvalue weighted by atomic mass is 10.0. The topological polar surface area (TPSA) is 57.4 Å². The van der Waals surface area contributed by atoms with Gasteiger partial charge in [-0.15, -0.1) is 0 Å². The van der Waals surface area contributed by atoms with Gasteiger partial charge >= 0.3 is 0 Å². The Balaban J connectivity index is 1.11.